The molecule has 16 heteroatoms. The molecule has 0 bridgehead atoms. The van der Waals surface area contributed by atoms with Crippen LogP contribution in [0, 0.1) is 11.7 Å². The van der Waals surface area contributed by atoms with Crippen LogP contribution >= 0.6 is 39.0 Å². The lowest BCUT2D eigenvalue weighted by Crippen LogP contribution is -2.32. The Kier molecular flexibility index (Phi) is 7.96. The number of primary sulfonamides is 1. The van der Waals surface area contributed by atoms with Crippen LogP contribution in [0.1, 0.15) is 16.4 Å². The molecule has 226 valence electrons. The molecule has 4 aromatic rings. The molecule has 2 aliphatic rings. The molecular weight excluding hydrogens is 699 g/mol. The van der Waals surface area contributed by atoms with Crippen molar-refractivity contribution in [1.29, 1.82) is 0 Å². The van der Waals surface area contributed by atoms with Crippen molar-refractivity contribution in [3.8, 4) is 5.75 Å². The van der Waals surface area contributed by atoms with Crippen LogP contribution in [0.15, 0.2) is 85.9 Å². The van der Waals surface area contributed by atoms with Crippen LogP contribution in [0.4, 0.5) is 15.8 Å². The first-order valence-corrected chi connectivity index (χ1v) is 16.8. The summed E-state index contributed by atoms with van der Waals surface area (Å²) in [6.07, 6.45) is 0. The summed E-state index contributed by atoms with van der Waals surface area (Å²) in [5, 5.41) is 7.30. The minimum absolute atomic E-state index is 0.112. The number of carbonyl (C=O) groups is 3. The van der Waals surface area contributed by atoms with Crippen LogP contribution in [0.2, 0.25) is 0 Å². The molecule has 1 saturated heterocycles. The molecule has 0 spiro atoms. The third-order valence-corrected chi connectivity index (χ3v) is 10.9. The monoisotopic (exact) mass is 718 g/mol. The summed E-state index contributed by atoms with van der Waals surface area (Å²) in [7, 11) is -3.89. The van der Waals surface area contributed by atoms with Crippen molar-refractivity contribution in [1.82, 2.24) is 4.98 Å². The summed E-state index contributed by atoms with van der Waals surface area (Å²) in [4.78, 5) is 56.6. The number of aromatic amines is 1. The Morgan fingerprint density at radius 2 is 1.75 bits per heavy atom. The number of hydrogen-bond donors (Lipinski definition) is 3. The minimum Gasteiger partial charge on any atom is -0.483 e. The molecule has 11 nitrogen and oxygen atoms in total. The molecule has 4 N–H and O–H groups in total. The Labute approximate surface area is 265 Å². The first kappa shape index (κ1) is 30.2. The fourth-order valence-electron chi connectivity index (χ4n) is 5.16. The zero-order chi connectivity index (χ0) is 31.3. The molecule has 6 rings (SSSR count). The van der Waals surface area contributed by atoms with Gasteiger partial charge in [-0.15, -0.1) is 0 Å². The van der Waals surface area contributed by atoms with Gasteiger partial charge in [-0.25, -0.2) is 22.8 Å². The van der Waals surface area contributed by atoms with E-state index in [0.717, 1.165) is 40.1 Å². The first-order valence-electron chi connectivity index (χ1n) is 12.8. The zero-order valence-corrected chi connectivity index (χ0v) is 26.2. The van der Waals surface area contributed by atoms with E-state index in [-0.39, 0.29) is 21.2 Å². The third kappa shape index (κ3) is 5.70. The highest BCUT2D eigenvalue weighted by Gasteiger charge is 2.56. The van der Waals surface area contributed by atoms with Crippen molar-refractivity contribution in [3.05, 3.63) is 97.1 Å². The molecule has 1 fully saturated rings. The number of benzene rings is 3. The number of H-pyrrole nitrogens is 1. The maximum atomic E-state index is 13.9. The van der Waals surface area contributed by atoms with E-state index in [9.17, 15) is 32.0 Å². The summed E-state index contributed by atoms with van der Waals surface area (Å²) in [5.41, 5.74) is 1.01. The summed E-state index contributed by atoms with van der Waals surface area (Å²) in [6.45, 7) is -0.452. The van der Waals surface area contributed by atoms with E-state index in [1.54, 1.807) is 18.2 Å². The zero-order valence-electron chi connectivity index (χ0n) is 22.2. The number of hydrogen-bond acceptors (Lipinski definition) is 9. The van der Waals surface area contributed by atoms with E-state index >= 15 is 0 Å². The molecule has 2 aliphatic heterocycles. The summed E-state index contributed by atoms with van der Waals surface area (Å²) < 4.78 is 43.2. The van der Waals surface area contributed by atoms with Gasteiger partial charge in [-0.1, -0.05) is 39.0 Å². The average molecular weight is 720 g/mol. The van der Waals surface area contributed by atoms with Gasteiger partial charge in [0.2, 0.25) is 21.8 Å². The fraction of sp³-hybridized carbons (Fsp3) is 0.143. The van der Waals surface area contributed by atoms with Gasteiger partial charge in [-0.2, -0.15) is 0 Å². The predicted molar refractivity (Wildman–Crippen MR) is 165 cm³/mol. The van der Waals surface area contributed by atoms with Crippen LogP contribution in [0.5, 0.6) is 5.75 Å². The van der Waals surface area contributed by atoms with E-state index in [0.29, 0.717) is 25.6 Å². The van der Waals surface area contributed by atoms with Gasteiger partial charge >= 0.3 is 4.87 Å². The van der Waals surface area contributed by atoms with Gasteiger partial charge < -0.3 is 15.0 Å². The Morgan fingerprint density at radius 1 is 1.05 bits per heavy atom. The number of fused-ring (bicyclic) bond motifs is 2. The molecule has 1 aromatic heterocycles. The molecule has 2 unspecified atom stereocenters. The van der Waals surface area contributed by atoms with Crippen molar-refractivity contribution in [2.45, 2.75) is 21.1 Å². The second-order valence-electron chi connectivity index (χ2n) is 9.83. The second kappa shape index (κ2) is 11.6. The highest BCUT2D eigenvalue weighted by molar-refractivity contribution is 9.10. The first-order chi connectivity index (χ1) is 20.9. The molecule has 3 heterocycles. The topological polar surface area (TPSA) is 169 Å². The highest BCUT2D eigenvalue weighted by atomic mass is 79.9. The number of nitrogens with one attached hydrogen (secondary N) is 2. The quantitative estimate of drug-likeness (QED) is 0.243. The lowest BCUT2D eigenvalue weighted by atomic mass is 9.82. The number of aromatic nitrogens is 1. The second-order valence-corrected chi connectivity index (χ2v) is 14.5. The van der Waals surface area contributed by atoms with Gasteiger partial charge in [0.25, 0.3) is 5.91 Å². The number of nitrogens with zero attached hydrogens (tertiary/aromatic N) is 1. The molecule has 0 radical (unpaired) electrons. The maximum Gasteiger partial charge on any atom is 0.305 e. The highest BCUT2D eigenvalue weighted by Crippen LogP contribution is 2.54. The van der Waals surface area contributed by atoms with Crippen molar-refractivity contribution in [2.24, 2.45) is 11.1 Å². The number of rotatable bonds is 7. The molecule has 0 aliphatic carbocycles. The standard InChI is InChI=1S/C28H20BrFN4O7S3/c29-13-1-10-19(41-12-20(35)32-15-4-8-17(9-5-15)44(31,39)40)18(11-13)21-22-24(42-25-23(21)43-28(38)33-25)27(37)34(26(22)36)16-6-2-14(30)3-7-16/h1-11,21-22,24H,12H2,(H,32,35)(H,33,38)(H2,31,39,40)/t21-,22?,24?/m1/s1. The smallest absolute Gasteiger partial charge is 0.305 e. The summed E-state index contributed by atoms with van der Waals surface area (Å²) >= 11 is 5.47. The van der Waals surface area contributed by atoms with Crippen LogP contribution < -0.4 is 25.0 Å². The molecular formula is C28H20BrFN4O7S3. The molecule has 0 saturated carbocycles. The Balaban J connectivity index is 1.32. The Bertz CT molecular complexity index is 1980. The average Bonchev–Trinajstić information content (AvgIpc) is 3.46. The van der Waals surface area contributed by atoms with Crippen molar-refractivity contribution >= 4 is 78.1 Å². The van der Waals surface area contributed by atoms with E-state index in [1.807, 2.05) is 0 Å². The van der Waals surface area contributed by atoms with Crippen LogP contribution in [0.3, 0.4) is 0 Å². The van der Waals surface area contributed by atoms with Crippen molar-refractivity contribution in [3.63, 3.8) is 0 Å². The number of ether oxygens (including phenoxy) is 1. The van der Waals surface area contributed by atoms with Gasteiger partial charge in [-0.3, -0.25) is 19.2 Å². The molecule has 3 atom stereocenters. The summed E-state index contributed by atoms with van der Waals surface area (Å²) in [5.74, 6) is -3.55. The molecule has 3 aromatic carbocycles. The lowest BCUT2D eigenvalue weighted by Gasteiger charge is -2.31. The maximum absolute atomic E-state index is 13.9. The van der Waals surface area contributed by atoms with E-state index in [4.69, 9.17) is 9.88 Å². The number of imide groups is 1. The van der Waals surface area contributed by atoms with Crippen LogP contribution in [-0.4, -0.2) is 43.0 Å². The van der Waals surface area contributed by atoms with Crippen LogP contribution in [-0.2, 0) is 24.4 Å². The molecule has 44 heavy (non-hydrogen) atoms. The predicted octanol–water partition coefficient (Wildman–Crippen LogP) is 3.80. The normalized spacial score (nSPS) is 19.4. The number of sulfonamides is 1. The Morgan fingerprint density at radius 3 is 2.43 bits per heavy atom. The van der Waals surface area contributed by atoms with Crippen molar-refractivity contribution in [2.75, 3.05) is 16.8 Å². The largest absolute Gasteiger partial charge is 0.483 e. The minimum atomic E-state index is -3.89. The van der Waals surface area contributed by atoms with Crippen molar-refractivity contribution < 1.29 is 31.9 Å². The molecule has 3 amide bonds. The fourth-order valence-corrected chi connectivity index (χ4v) is 8.56. The van der Waals surface area contributed by atoms with Gasteiger partial charge in [-0.05, 0) is 66.7 Å². The number of carbonyl (C=O) groups excluding carboxylic acids is 3. The van der Waals surface area contributed by atoms with E-state index in [2.05, 4.69) is 26.2 Å². The number of halogens is 2. The third-order valence-electron chi connectivity index (χ3n) is 7.04. The summed E-state index contributed by atoms with van der Waals surface area (Å²) in [6, 6.07) is 15.3. The number of amides is 3. The number of thioether (sulfide) groups is 1. The van der Waals surface area contributed by atoms with Gasteiger partial charge in [0.1, 0.15) is 16.8 Å². The van der Waals surface area contributed by atoms with Crippen LogP contribution in [0.25, 0.3) is 0 Å². The number of thiazole rings is 1. The van der Waals surface area contributed by atoms with Gasteiger partial charge in [0.15, 0.2) is 6.61 Å². The SMILES string of the molecule is NS(=O)(=O)c1ccc(NC(=O)COc2ccc(Br)cc2[C@H]2c3sc(=O)[nH]c3SC3C(=O)N(c4ccc(F)cc4)C(=O)C32)cc1. The van der Waals surface area contributed by atoms with E-state index < -0.39 is 57.3 Å². The number of anilines is 2. The van der Waals surface area contributed by atoms with Gasteiger partial charge in [0, 0.05) is 26.5 Å². The number of nitrogens with two attached hydrogens (primary N) is 1. The van der Waals surface area contributed by atoms with E-state index in [1.165, 1.54) is 36.4 Å². The van der Waals surface area contributed by atoms with Gasteiger partial charge in [0.05, 0.1) is 21.5 Å². The lowest BCUT2D eigenvalue weighted by molar-refractivity contribution is -0.122. The Hall–Kier alpha value is -3.83.